The Morgan fingerprint density at radius 3 is 2.53 bits per heavy atom. The van der Waals surface area contributed by atoms with E-state index < -0.39 is 0 Å². The lowest BCUT2D eigenvalue weighted by molar-refractivity contribution is -0.121. The number of nitrogens with one attached hydrogen (secondary N) is 2. The highest BCUT2D eigenvalue weighted by atomic mass is 35.5. The van der Waals surface area contributed by atoms with Crippen LogP contribution >= 0.6 is 11.6 Å². The van der Waals surface area contributed by atoms with Gasteiger partial charge in [0, 0.05) is 37.6 Å². The summed E-state index contributed by atoms with van der Waals surface area (Å²) in [6.07, 6.45) is 0.501. The molecule has 0 saturated carbocycles. The van der Waals surface area contributed by atoms with Gasteiger partial charge in [-0.05, 0) is 31.8 Å². The minimum absolute atomic E-state index is 0.0884. The molecule has 4 nitrogen and oxygen atoms in total. The molecule has 0 aliphatic carbocycles. The van der Waals surface area contributed by atoms with Gasteiger partial charge >= 0.3 is 0 Å². The standard InChI is InChI=1S/C14H22ClN3O/c1-18(2)10-9-17-14(19)7-8-16-11-12-3-5-13(15)6-4-12/h3-6,16H,7-11H2,1-2H3,(H,17,19). The first-order chi connectivity index (χ1) is 9.08. The van der Waals surface area contributed by atoms with Crippen molar-refractivity contribution in [1.29, 1.82) is 0 Å². The summed E-state index contributed by atoms with van der Waals surface area (Å²) in [6, 6.07) is 7.69. The van der Waals surface area contributed by atoms with Crippen LogP contribution in [0.25, 0.3) is 0 Å². The Hall–Kier alpha value is -1.10. The summed E-state index contributed by atoms with van der Waals surface area (Å²) in [6.45, 7) is 2.99. The van der Waals surface area contributed by atoms with Gasteiger partial charge in [-0.15, -0.1) is 0 Å². The fourth-order valence-electron chi connectivity index (χ4n) is 1.54. The number of carbonyl (C=O) groups is 1. The fourth-order valence-corrected chi connectivity index (χ4v) is 1.67. The van der Waals surface area contributed by atoms with Gasteiger partial charge in [0.05, 0.1) is 0 Å². The average molecular weight is 284 g/mol. The predicted molar refractivity (Wildman–Crippen MR) is 79.3 cm³/mol. The van der Waals surface area contributed by atoms with Crippen molar-refractivity contribution in [1.82, 2.24) is 15.5 Å². The Bertz CT molecular complexity index is 379. The minimum Gasteiger partial charge on any atom is -0.355 e. The highest BCUT2D eigenvalue weighted by molar-refractivity contribution is 6.30. The zero-order valence-electron chi connectivity index (χ0n) is 11.6. The van der Waals surface area contributed by atoms with Gasteiger partial charge < -0.3 is 15.5 Å². The van der Waals surface area contributed by atoms with Crippen molar-refractivity contribution in [2.45, 2.75) is 13.0 Å². The maximum Gasteiger partial charge on any atom is 0.221 e. The molecule has 1 aromatic rings. The third-order valence-corrected chi connectivity index (χ3v) is 2.90. The van der Waals surface area contributed by atoms with E-state index >= 15 is 0 Å². The molecule has 0 aromatic heterocycles. The first-order valence-corrected chi connectivity index (χ1v) is 6.82. The van der Waals surface area contributed by atoms with Crippen LogP contribution in [-0.2, 0) is 11.3 Å². The molecular formula is C14H22ClN3O. The second-order valence-corrected chi connectivity index (χ2v) is 5.14. The molecule has 0 aliphatic heterocycles. The van der Waals surface area contributed by atoms with Crippen LogP contribution in [0.5, 0.6) is 0 Å². The van der Waals surface area contributed by atoms with Gasteiger partial charge in [-0.2, -0.15) is 0 Å². The molecular weight excluding hydrogens is 262 g/mol. The van der Waals surface area contributed by atoms with Gasteiger partial charge in [0.2, 0.25) is 5.91 Å². The van der Waals surface area contributed by atoms with Gasteiger partial charge in [0.1, 0.15) is 0 Å². The Balaban J connectivity index is 2.07. The van der Waals surface area contributed by atoms with Crippen LogP contribution in [0.1, 0.15) is 12.0 Å². The van der Waals surface area contributed by atoms with Gasteiger partial charge in [-0.1, -0.05) is 23.7 Å². The van der Waals surface area contributed by atoms with Gasteiger partial charge in [0.15, 0.2) is 0 Å². The second kappa shape index (κ2) is 8.91. The van der Waals surface area contributed by atoms with E-state index in [-0.39, 0.29) is 5.91 Å². The van der Waals surface area contributed by atoms with E-state index in [2.05, 4.69) is 10.6 Å². The number of rotatable bonds is 8. The summed E-state index contributed by atoms with van der Waals surface area (Å²) in [5.41, 5.74) is 1.16. The molecule has 1 amide bonds. The topological polar surface area (TPSA) is 44.4 Å². The molecule has 0 spiro atoms. The monoisotopic (exact) mass is 283 g/mol. The molecule has 0 aliphatic rings. The highest BCUT2D eigenvalue weighted by Gasteiger charge is 2.00. The predicted octanol–water partition coefficient (Wildman–Crippen LogP) is 1.50. The Kier molecular flexibility index (Phi) is 7.48. The van der Waals surface area contributed by atoms with Crippen LogP contribution in [-0.4, -0.2) is 44.5 Å². The Morgan fingerprint density at radius 2 is 1.89 bits per heavy atom. The van der Waals surface area contributed by atoms with Crippen molar-refractivity contribution in [3.8, 4) is 0 Å². The largest absolute Gasteiger partial charge is 0.355 e. The van der Waals surface area contributed by atoms with Crippen LogP contribution in [0.15, 0.2) is 24.3 Å². The average Bonchev–Trinajstić information content (AvgIpc) is 2.36. The van der Waals surface area contributed by atoms with Crippen molar-refractivity contribution < 1.29 is 4.79 Å². The number of amides is 1. The van der Waals surface area contributed by atoms with E-state index in [4.69, 9.17) is 11.6 Å². The lowest BCUT2D eigenvalue weighted by atomic mass is 10.2. The summed E-state index contributed by atoms with van der Waals surface area (Å²) in [4.78, 5) is 13.5. The molecule has 0 atom stereocenters. The lowest BCUT2D eigenvalue weighted by Gasteiger charge is -2.10. The number of carbonyl (C=O) groups excluding carboxylic acids is 1. The Morgan fingerprint density at radius 1 is 1.21 bits per heavy atom. The smallest absolute Gasteiger partial charge is 0.221 e. The van der Waals surface area contributed by atoms with E-state index in [0.717, 1.165) is 23.7 Å². The molecule has 0 unspecified atom stereocenters. The maximum absolute atomic E-state index is 11.5. The highest BCUT2D eigenvalue weighted by Crippen LogP contribution is 2.08. The van der Waals surface area contributed by atoms with E-state index in [1.165, 1.54) is 0 Å². The molecule has 0 saturated heterocycles. The number of likely N-dealkylation sites (N-methyl/N-ethyl adjacent to an activating group) is 1. The third-order valence-electron chi connectivity index (χ3n) is 2.65. The number of halogens is 1. The summed E-state index contributed by atoms with van der Waals surface area (Å²) in [5, 5.41) is 6.86. The number of hydrogen-bond donors (Lipinski definition) is 2. The van der Waals surface area contributed by atoms with Gasteiger partial charge in [0.25, 0.3) is 0 Å². The van der Waals surface area contributed by atoms with Crippen molar-refractivity contribution in [2.24, 2.45) is 0 Å². The summed E-state index contributed by atoms with van der Waals surface area (Å²) in [5.74, 6) is 0.0884. The zero-order chi connectivity index (χ0) is 14.1. The number of benzene rings is 1. The van der Waals surface area contributed by atoms with E-state index in [0.29, 0.717) is 19.5 Å². The molecule has 0 heterocycles. The minimum atomic E-state index is 0.0884. The normalized spacial score (nSPS) is 10.7. The van der Waals surface area contributed by atoms with Crippen LogP contribution in [0, 0.1) is 0 Å². The molecule has 1 aromatic carbocycles. The Labute approximate surface area is 120 Å². The number of hydrogen-bond acceptors (Lipinski definition) is 3. The van der Waals surface area contributed by atoms with E-state index in [1.54, 1.807) is 0 Å². The molecule has 0 bridgehead atoms. The summed E-state index contributed by atoms with van der Waals surface area (Å²) in [7, 11) is 3.97. The first-order valence-electron chi connectivity index (χ1n) is 6.44. The zero-order valence-corrected chi connectivity index (χ0v) is 12.3. The summed E-state index contributed by atoms with van der Waals surface area (Å²) < 4.78 is 0. The molecule has 1 rings (SSSR count). The lowest BCUT2D eigenvalue weighted by Crippen LogP contribution is -2.33. The van der Waals surface area contributed by atoms with Crippen molar-refractivity contribution >= 4 is 17.5 Å². The summed E-state index contributed by atoms with van der Waals surface area (Å²) >= 11 is 5.81. The van der Waals surface area contributed by atoms with Crippen LogP contribution in [0.2, 0.25) is 5.02 Å². The van der Waals surface area contributed by atoms with E-state index in [9.17, 15) is 4.79 Å². The fraction of sp³-hybridized carbons (Fsp3) is 0.500. The van der Waals surface area contributed by atoms with E-state index in [1.807, 2.05) is 43.3 Å². The molecule has 2 N–H and O–H groups in total. The molecule has 5 heteroatoms. The van der Waals surface area contributed by atoms with Crippen molar-refractivity contribution in [3.63, 3.8) is 0 Å². The molecule has 106 valence electrons. The van der Waals surface area contributed by atoms with Crippen LogP contribution < -0.4 is 10.6 Å². The van der Waals surface area contributed by atoms with Crippen LogP contribution in [0.4, 0.5) is 0 Å². The SMILES string of the molecule is CN(C)CCNC(=O)CCNCc1ccc(Cl)cc1. The quantitative estimate of drug-likeness (QED) is 0.711. The van der Waals surface area contributed by atoms with Gasteiger partial charge in [-0.3, -0.25) is 4.79 Å². The third kappa shape index (κ3) is 7.82. The van der Waals surface area contributed by atoms with Crippen LogP contribution in [0.3, 0.4) is 0 Å². The van der Waals surface area contributed by atoms with Crippen molar-refractivity contribution in [2.75, 3.05) is 33.7 Å². The molecule has 0 fully saturated rings. The van der Waals surface area contributed by atoms with Crippen molar-refractivity contribution in [3.05, 3.63) is 34.9 Å². The van der Waals surface area contributed by atoms with Gasteiger partial charge in [-0.25, -0.2) is 0 Å². The molecule has 19 heavy (non-hydrogen) atoms. The first kappa shape index (κ1) is 16.0. The number of nitrogens with zero attached hydrogens (tertiary/aromatic N) is 1. The molecule has 0 radical (unpaired) electrons. The maximum atomic E-state index is 11.5. The second-order valence-electron chi connectivity index (χ2n) is 4.71.